The summed E-state index contributed by atoms with van der Waals surface area (Å²) >= 11 is 1.99. The summed E-state index contributed by atoms with van der Waals surface area (Å²) in [5, 5.41) is 15.2. The molecule has 2 aromatic carbocycles. The van der Waals surface area contributed by atoms with E-state index in [2.05, 4.69) is 10.6 Å². The number of dihydropyridines is 1. The Bertz CT molecular complexity index is 1390. The van der Waals surface area contributed by atoms with Crippen LogP contribution in [0.5, 0.6) is 5.75 Å². The normalized spacial score (nSPS) is 15.3. The fourth-order valence-corrected chi connectivity index (χ4v) is 5.11. The molecule has 0 spiro atoms. The number of phenolic OH excluding ortho intramolecular Hbond substituents is 1. The lowest BCUT2D eigenvalue weighted by Crippen LogP contribution is -2.34. The Morgan fingerprint density at radius 1 is 1.02 bits per heavy atom. The lowest BCUT2D eigenvalue weighted by molar-refractivity contribution is -0.142. The molecule has 0 saturated heterocycles. The van der Waals surface area contributed by atoms with Gasteiger partial charge in [-0.15, -0.1) is 0 Å². The summed E-state index contributed by atoms with van der Waals surface area (Å²) in [4.78, 5) is 38.5. The number of carbonyl (C=O) groups excluding carboxylic acids is 3. The van der Waals surface area contributed by atoms with Gasteiger partial charge in [0.05, 0.1) is 39.3 Å². The molecule has 8 nitrogen and oxygen atoms in total. The van der Waals surface area contributed by atoms with Gasteiger partial charge in [0.2, 0.25) is 5.91 Å². The Kier molecular flexibility index (Phi) is 10.8. The van der Waals surface area contributed by atoms with Crippen LogP contribution in [0.25, 0.3) is 0 Å². The molecule has 3 rings (SSSR count). The lowest BCUT2D eigenvalue weighted by atomic mass is 9.78. The number of esters is 2. The molecule has 1 aliphatic heterocycles. The van der Waals surface area contributed by atoms with Crippen molar-refractivity contribution in [3.63, 3.8) is 0 Å². The Balaban J connectivity index is 1.75. The second kappa shape index (κ2) is 13.9. The molecular formula is C29H30F3IN2O6. The summed E-state index contributed by atoms with van der Waals surface area (Å²) in [6, 6.07) is 9.78. The molecule has 1 amide bonds. The molecule has 0 fully saturated rings. The quantitative estimate of drug-likeness (QED) is 0.181. The number of aromatic hydroxyl groups is 1. The van der Waals surface area contributed by atoms with Crippen LogP contribution in [0.1, 0.15) is 49.8 Å². The zero-order valence-corrected chi connectivity index (χ0v) is 24.8. The van der Waals surface area contributed by atoms with E-state index >= 15 is 0 Å². The maximum Gasteiger partial charge on any atom is 0.416 e. The first-order valence-electron chi connectivity index (χ1n) is 12.8. The van der Waals surface area contributed by atoms with Gasteiger partial charge in [0.1, 0.15) is 12.4 Å². The smallest absolute Gasteiger partial charge is 0.416 e. The van der Waals surface area contributed by atoms with E-state index in [9.17, 15) is 32.7 Å². The van der Waals surface area contributed by atoms with E-state index in [-0.39, 0.29) is 65.9 Å². The molecule has 1 unspecified atom stereocenters. The van der Waals surface area contributed by atoms with Crippen LogP contribution < -0.4 is 10.6 Å². The molecule has 0 bridgehead atoms. The van der Waals surface area contributed by atoms with Crippen molar-refractivity contribution in [3.8, 4) is 5.75 Å². The minimum Gasteiger partial charge on any atom is -0.507 e. The van der Waals surface area contributed by atoms with Gasteiger partial charge in [-0.05, 0) is 79.1 Å². The Morgan fingerprint density at radius 2 is 1.66 bits per heavy atom. The van der Waals surface area contributed by atoms with Crippen LogP contribution in [0.15, 0.2) is 65.0 Å². The molecule has 0 radical (unpaired) electrons. The highest BCUT2D eigenvalue weighted by Crippen LogP contribution is 2.44. The maximum absolute atomic E-state index is 14.0. The molecule has 2 aromatic rings. The fraction of sp³-hybridized carbons (Fsp3) is 0.345. The predicted octanol–water partition coefficient (Wildman–Crippen LogP) is 5.11. The summed E-state index contributed by atoms with van der Waals surface area (Å²) in [5.74, 6) is -3.32. The minimum atomic E-state index is -4.75. The van der Waals surface area contributed by atoms with Crippen molar-refractivity contribution in [3.05, 3.63) is 85.3 Å². The van der Waals surface area contributed by atoms with E-state index in [0.29, 0.717) is 9.99 Å². The van der Waals surface area contributed by atoms with Gasteiger partial charge in [0.25, 0.3) is 0 Å². The number of benzene rings is 2. The number of phenols is 1. The van der Waals surface area contributed by atoms with Crippen LogP contribution >= 0.6 is 22.6 Å². The summed E-state index contributed by atoms with van der Waals surface area (Å²) in [6.07, 6.45) is -4.16. The van der Waals surface area contributed by atoms with Crippen LogP contribution in [-0.2, 0) is 36.5 Å². The van der Waals surface area contributed by atoms with E-state index in [1.54, 1.807) is 25.1 Å². The van der Waals surface area contributed by atoms with Crippen LogP contribution in [0, 0.1) is 3.57 Å². The fourth-order valence-electron chi connectivity index (χ4n) is 4.53. The highest BCUT2D eigenvalue weighted by atomic mass is 127. The predicted molar refractivity (Wildman–Crippen MR) is 152 cm³/mol. The SMILES string of the molecule is CCOC(=O)C1=C(C)NC(C)=C(C(=O)OCCNC(=O)CCc2ccc(O)c(I)c2)C1c1ccccc1C(F)(F)F. The number of hydrogen-bond donors (Lipinski definition) is 3. The zero-order valence-electron chi connectivity index (χ0n) is 22.7. The molecule has 1 aliphatic rings. The number of carbonyl (C=O) groups is 3. The Hall–Kier alpha value is -3.55. The molecule has 1 heterocycles. The number of nitrogens with one attached hydrogen (secondary N) is 2. The number of hydrogen-bond acceptors (Lipinski definition) is 7. The largest absolute Gasteiger partial charge is 0.507 e. The average molecular weight is 686 g/mol. The van der Waals surface area contributed by atoms with Gasteiger partial charge < -0.3 is 25.2 Å². The standard InChI is InChI=1S/C29H30F3IN2O6/c1-4-40-27(38)24-16(2)35-17(3)25(26(24)19-7-5-6-8-20(19)29(30,31)32)28(39)41-14-13-34-23(37)12-10-18-9-11-22(36)21(33)15-18/h5-9,11,15,26,35-36H,4,10,12-14H2,1-3H3,(H,34,37). The monoisotopic (exact) mass is 686 g/mol. The molecular weight excluding hydrogens is 656 g/mol. The third-order valence-electron chi connectivity index (χ3n) is 6.36. The van der Waals surface area contributed by atoms with Gasteiger partial charge >= 0.3 is 18.1 Å². The van der Waals surface area contributed by atoms with Gasteiger partial charge in [-0.25, -0.2) is 9.59 Å². The van der Waals surface area contributed by atoms with Crippen LogP contribution in [0.2, 0.25) is 0 Å². The van der Waals surface area contributed by atoms with Gasteiger partial charge in [-0.1, -0.05) is 24.3 Å². The number of allylic oxidation sites excluding steroid dienone is 2. The zero-order chi connectivity index (χ0) is 30.3. The molecule has 3 N–H and O–H groups in total. The van der Waals surface area contributed by atoms with E-state index in [0.717, 1.165) is 11.6 Å². The third kappa shape index (κ3) is 8.02. The van der Waals surface area contributed by atoms with Crippen molar-refractivity contribution in [2.45, 2.75) is 45.7 Å². The number of alkyl halides is 3. The Morgan fingerprint density at radius 3 is 2.27 bits per heavy atom. The second-order valence-corrected chi connectivity index (χ2v) is 10.4. The average Bonchev–Trinajstić information content (AvgIpc) is 2.90. The second-order valence-electron chi connectivity index (χ2n) is 9.21. The number of ether oxygens (including phenoxy) is 2. The highest BCUT2D eigenvalue weighted by molar-refractivity contribution is 14.1. The van der Waals surface area contributed by atoms with Crippen molar-refractivity contribution in [1.82, 2.24) is 10.6 Å². The minimum absolute atomic E-state index is 0.0165. The molecule has 0 aromatic heterocycles. The van der Waals surface area contributed by atoms with Gasteiger partial charge in [-0.2, -0.15) is 13.2 Å². The van der Waals surface area contributed by atoms with Gasteiger partial charge in [0, 0.05) is 17.8 Å². The highest BCUT2D eigenvalue weighted by Gasteiger charge is 2.43. The van der Waals surface area contributed by atoms with Crippen molar-refractivity contribution >= 4 is 40.4 Å². The maximum atomic E-state index is 14.0. The first kappa shape index (κ1) is 32.0. The third-order valence-corrected chi connectivity index (χ3v) is 7.23. The lowest BCUT2D eigenvalue weighted by Gasteiger charge is -2.31. The number of aryl methyl sites for hydroxylation is 1. The molecule has 0 saturated carbocycles. The molecule has 0 aliphatic carbocycles. The van der Waals surface area contributed by atoms with Gasteiger partial charge in [0.15, 0.2) is 0 Å². The molecule has 1 atom stereocenters. The van der Waals surface area contributed by atoms with E-state index in [1.807, 2.05) is 22.6 Å². The number of halogens is 4. The van der Waals surface area contributed by atoms with E-state index in [4.69, 9.17) is 9.47 Å². The van der Waals surface area contributed by atoms with Crippen molar-refractivity contribution in [1.29, 1.82) is 0 Å². The summed E-state index contributed by atoms with van der Waals surface area (Å²) in [7, 11) is 0. The van der Waals surface area contributed by atoms with Crippen molar-refractivity contribution in [2.24, 2.45) is 0 Å². The van der Waals surface area contributed by atoms with Crippen molar-refractivity contribution in [2.75, 3.05) is 19.8 Å². The number of amides is 1. The Labute approximate surface area is 249 Å². The molecule has 41 heavy (non-hydrogen) atoms. The number of rotatable bonds is 10. The van der Waals surface area contributed by atoms with Crippen molar-refractivity contribution < 1.29 is 42.1 Å². The van der Waals surface area contributed by atoms with E-state index in [1.165, 1.54) is 32.0 Å². The van der Waals surface area contributed by atoms with Gasteiger partial charge in [-0.3, -0.25) is 4.79 Å². The first-order valence-corrected chi connectivity index (χ1v) is 13.9. The van der Waals surface area contributed by atoms with Crippen LogP contribution in [0.3, 0.4) is 0 Å². The summed E-state index contributed by atoms with van der Waals surface area (Å²) < 4.78 is 53.2. The van der Waals surface area contributed by atoms with Crippen LogP contribution in [-0.4, -0.2) is 42.7 Å². The first-order chi connectivity index (χ1) is 19.3. The van der Waals surface area contributed by atoms with Crippen LogP contribution in [0.4, 0.5) is 13.2 Å². The van der Waals surface area contributed by atoms with E-state index < -0.39 is 29.6 Å². The molecule has 220 valence electrons. The topological polar surface area (TPSA) is 114 Å². The molecule has 12 heteroatoms. The summed E-state index contributed by atoms with van der Waals surface area (Å²) in [6.45, 7) is 4.31. The summed E-state index contributed by atoms with van der Waals surface area (Å²) in [5.41, 5.74) is -0.207.